The minimum Gasteiger partial charge on any atom is -0.320 e. The number of rotatable bonds is 6. The molecule has 0 aliphatic rings. The number of anilines is 1. The molecule has 0 aromatic heterocycles. The van der Waals surface area contributed by atoms with Gasteiger partial charge in [0.05, 0.1) is 5.75 Å². The largest absolute Gasteiger partial charge is 0.320 e. The monoisotopic (exact) mass is 276 g/mol. The first-order valence-electron chi connectivity index (χ1n) is 5.36. The summed E-state index contributed by atoms with van der Waals surface area (Å²) in [4.78, 5) is 0. The third-order valence-electron chi connectivity index (χ3n) is 2.29. The number of nitrogens with one attached hydrogen (secondary N) is 2. The second kappa shape index (κ2) is 6.23. The van der Waals surface area contributed by atoms with Crippen LogP contribution >= 0.6 is 11.6 Å². The van der Waals surface area contributed by atoms with Crippen molar-refractivity contribution in [1.29, 1.82) is 0 Å². The van der Waals surface area contributed by atoms with Gasteiger partial charge >= 0.3 is 0 Å². The second-order valence-corrected chi connectivity index (χ2v) is 6.09. The first-order valence-corrected chi connectivity index (χ1v) is 7.39. The molecule has 0 fully saturated rings. The highest BCUT2D eigenvalue weighted by Gasteiger charge is 2.10. The van der Waals surface area contributed by atoms with Crippen molar-refractivity contribution in [3.63, 3.8) is 0 Å². The Kier molecular flexibility index (Phi) is 5.24. The van der Waals surface area contributed by atoms with Gasteiger partial charge in [-0.2, -0.15) is 0 Å². The van der Waals surface area contributed by atoms with Crippen LogP contribution in [0.3, 0.4) is 0 Å². The molecule has 1 aromatic rings. The van der Waals surface area contributed by atoms with Crippen LogP contribution in [0.1, 0.15) is 12.0 Å². The first kappa shape index (κ1) is 14.3. The summed E-state index contributed by atoms with van der Waals surface area (Å²) in [5, 5.41) is 3.46. The van der Waals surface area contributed by atoms with Crippen molar-refractivity contribution < 1.29 is 8.42 Å². The Balaban J connectivity index is 2.66. The average molecular weight is 277 g/mol. The Labute approximate surface area is 107 Å². The van der Waals surface area contributed by atoms with Crippen molar-refractivity contribution in [3.8, 4) is 0 Å². The molecular formula is C11H17ClN2O2S. The van der Waals surface area contributed by atoms with E-state index in [4.69, 9.17) is 11.6 Å². The third kappa shape index (κ3) is 4.93. The molecule has 17 heavy (non-hydrogen) atoms. The molecule has 0 unspecified atom stereocenters. The van der Waals surface area contributed by atoms with Crippen molar-refractivity contribution in [2.45, 2.75) is 13.3 Å². The molecule has 1 rings (SSSR count). The van der Waals surface area contributed by atoms with E-state index in [1.165, 1.54) is 0 Å². The van der Waals surface area contributed by atoms with E-state index in [2.05, 4.69) is 10.0 Å². The highest BCUT2D eigenvalue weighted by atomic mass is 35.5. The topological polar surface area (TPSA) is 58.2 Å². The number of aryl methyl sites for hydroxylation is 1. The lowest BCUT2D eigenvalue weighted by atomic mass is 10.2. The molecule has 0 atom stereocenters. The van der Waals surface area contributed by atoms with E-state index >= 15 is 0 Å². The molecule has 6 heteroatoms. The number of sulfonamides is 1. The van der Waals surface area contributed by atoms with Gasteiger partial charge in [0.15, 0.2) is 0 Å². The maximum Gasteiger partial charge on any atom is 0.232 e. The number of hydrogen-bond acceptors (Lipinski definition) is 3. The Morgan fingerprint density at radius 3 is 2.65 bits per heavy atom. The summed E-state index contributed by atoms with van der Waals surface area (Å²) in [6, 6.07) is 5.11. The lowest BCUT2D eigenvalue weighted by Gasteiger charge is -2.09. The summed E-state index contributed by atoms with van der Waals surface area (Å²) < 4.78 is 25.9. The number of hydrogen-bond donors (Lipinski definition) is 2. The molecule has 0 bridgehead atoms. The lowest BCUT2D eigenvalue weighted by Crippen LogP contribution is -2.20. The molecule has 0 amide bonds. The van der Waals surface area contributed by atoms with Gasteiger partial charge in [-0.3, -0.25) is 4.72 Å². The summed E-state index contributed by atoms with van der Waals surface area (Å²) in [6.45, 7) is 2.54. The van der Waals surface area contributed by atoms with E-state index < -0.39 is 10.0 Å². The molecule has 0 aliphatic heterocycles. The van der Waals surface area contributed by atoms with E-state index in [1.807, 2.05) is 6.92 Å². The summed E-state index contributed by atoms with van der Waals surface area (Å²) in [6.07, 6.45) is 0.575. The van der Waals surface area contributed by atoms with Gasteiger partial charge in [0.25, 0.3) is 0 Å². The van der Waals surface area contributed by atoms with Crippen LogP contribution in [0.15, 0.2) is 18.2 Å². The minimum atomic E-state index is -3.29. The average Bonchev–Trinajstić information content (AvgIpc) is 2.23. The van der Waals surface area contributed by atoms with Crippen LogP contribution in [-0.4, -0.2) is 27.8 Å². The Morgan fingerprint density at radius 2 is 2.06 bits per heavy atom. The smallest absolute Gasteiger partial charge is 0.232 e. The van der Waals surface area contributed by atoms with Gasteiger partial charge in [0.2, 0.25) is 10.0 Å². The molecule has 96 valence electrons. The number of halogens is 1. The molecule has 0 saturated heterocycles. The second-order valence-electron chi connectivity index (χ2n) is 3.84. The van der Waals surface area contributed by atoms with E-state index in [0.717, 1.165) is 5.56 Å². The van der Waals surface area contributed by atoms with Crippen LogP contribution in [0.4, 0.5) is 5.69 Å². The summed E-state index contributed by atoms with van der Waals surface area (Å²) in [7, 11) is -1.49. The van der Waals surface area contributed by atoms with Crippen molar-refractivity contribution in [3.05, 3.63) is 28.8 Å². The van der Waals surface area contributed by atoms with Crippen LogP contribution in [0.2, 0.25) is 5.02 Å². The Bertz CT molecular complexity index is 474. The third-order valence-corrected chi connectivity index (χ3v) is 4.07. The lowest BCUT2D eigenvalue weighted by molar-refractivity contribution is 0.597. The predicted octanol–water partition coefficient (Wildman–Crippen LogP) is 2.00. The van der Waals surface area contributed by atoms with Crippen LogP contribution < -0.4 is 10.0 Å². The van der Waals surface area contributed by atoms with Crippen LogP contribution in [0.25, 0.3) is 0 Å². The molecule has 0 heterocycles. The molecule has 0 saturated carbocycles. The van der Waals surface area contributed by atoms with Gasteiger partial charge in [-0.15, -0.1) is 0 Å². The molecule has 1 aromatic carbocycles. The molecular weight excluding hydrogens is 260 g/mol. The quantitative estimate of drug-likeness (QED) is 0.782. The molecule has 0 aliphatic carbocycles. The van der Waals surface area contributed by atoms with Crippen molar-refractivity contribution in [1.82, 2.24) is 5.32 Å². The van der Waals surface area contributed by atoms with Crippen LogP contribution in [0.5, 0.6) is 0 Å². The maximum atomic E-state index is 11.7. The fraction of sp³-hybridized carbons (Fsp3) is 0.455. The fourth-order valence-corrected chi connectivity index (χ4v) is 2.62. The van der Waals surface area contributed by atoms with E-state index in [0.29, 0.717) is 23.7 Å². The molecule has 0 spiro atoms. The van der Waals surface area contributed by atoms with Gasteiger partial charge in [0, 0.05) is 10.7 Å². The Morgan fingerprint density at radius 1 is 1.35 bits per heavy atom. The van der Waals surface area contributed by atoms with Gasteiger partial charge in [-0.05, 0) is 44.6 Å². The zero-order chi connectivity index (χ0) is 12.9. The maximum absolute atomic E-state index is 11.7. The molecule has 4 nitrogen and oxygen atoms in total. The van der Waals surface area contributed by atoms with Gasteiger partial charge in [0.1, 0.15) is 0 Å². The van der Waals surface area contributed by atoms with Gasteiger partial charge in [-0.25, -0.2) is 8.42 Å². The van der Waals surface area contributed by atoms with Crippen molar-refractivity contribution >= 4 is 27.3 Å². The molecule has 2 N–H and O–H groups in total. The predicted molar refractivity (Wildman–Crippen MR) is 72.1 cm³/mol. The highest BCUT2D eigenvalue weighted by molar-refractivity contribution is 7.92. The highest BCUT2D eigenvalue weighted by Crippen LogP contribution is 2.20. The first-order chi connectivity index (χ1) is 7.94. The zero-order valence-electron chi connectivity index (χ0n) is 9.96. The van der Waals surface area contributed by atoms with E-state index in [-0.39, 0.29) is 5.75 Å². The van der Waals surface area contributed by atoms with Crippen LogP contribution in [-0.2, 0) is 10.0 Å². The van der Waals surface area contributed by atoms with Gasteiger partial charge in [-0.1, -0.05) is 17.7 Å². The van der Waals surface area contributed by atoms with Crippen molar-refractivity contribution in [2.24, 2.45) is 0 Å². The van der Waals surface area contributed by atoms with E-state index in [9.17, 15) is 8.42 Å². The van der Waals surface area contributed by atoms with Gasteiger partial charge < -0.3 is 5.32 Å². The summed E-state index contributed by atoms with van der Waals surface area (Å²) >= 11 is 5.92. The normalized spacial score (nSPS) is 11.5. The molecule has 0 radical (unpaired) electrons. The SMILES string of the molecule is CNCCCS(=O)(=O)Nc1ccc(C)c(Cl)c1. The number of benzene rings is 1. The Hall–Kier alpha value is -0.780. The fourth-order valence-electron chi connectivity index (χ4n) is 1.33. The minimum absolute atomic E-state index is 0.0966. The van der Waals surface area contributed by atoms with E-state index in [1.54, 1.807) is 25.2 Å². The standard InChI is InChI=1S/C11H17ClN2O2S/c1-9-4-5-10(8-11(9)12)14-17(15,16)7-3-6-13-2/h4-5,8,13-14H,3,6-7H2,1-2H3. The van der Waals surface area contributed by atoms with Crippen LogP contribution in [0, 0.1) is 6.92 Å². The summed E-state index contributed by atoms with van der Waals surface area (Å²) in [5.41, 5.74) is 1.43. The summed E-state index contributed by atoms with van der Waals surface area (Å²) in [5.74, 6) is 0.0966. The van der Waals surface area contributed by atoms with Crippen molar-refractivity contribution in [2.75, 3.05) is 24.1 Å². The zero-order valence-corrected chi connectivity index (χ0v) is 11.5.